The van der Waals surface area contributed by atoms with E-state index >= 15 is 0 Å². The maximum Gasteiger partial charge on any atom is 0.345 e. The van der Waals surface area contributed by atoms with E-state index in [1.165, 1.54) is 17.6 Å². The fourth-order valence-corrected chi connectivity index (χ4v) is 4.68. The molecular weight excluding hydrogens is 509 g/mol. The summed E-state index contributed by atoms with van der Waals surface area (Å²) in [6, 6.07) is 20.5. The number of hydrogen-bond acceptors (Lipinski definition) is 6. The Morgan fingerprint density at radius 2 is 1.66 bits per heavy atom. The highest BCUT2D eigenvalue weighted by Gasteiger charge is 2.17. The van der Waals surface area contributed by atoms with Gasteiger partial charge in [-0.25, -0.2) is 10.2 Å². The number of carbonyl (C=O) groups is 3. The van der Waals surface area contributed by atoms with E-state index in [2.05, 4.69) is 15.8 Å². The molecule has 3 aromatic carbocycles. The van der Waals surface area contributed by atoms with Crippen molar-refractivity contribution in [1.29, 1.82) is 0 Å². The van der Waals surface area contributed by atoms with Crippen LogP contribution in [0.15, 0.2) is 77.9 Å². The predicted octanol–water partition coefficient (Wildman–Crippen LogP) is 5.31. The molecule has 2 amide bonds. The van der Waals surface area contributed by atoms with E-state index in [0.717, 1.165) is 10.1 Å². The van der Waals surface area contributed by atoms with Crippen LogP contribution >= 0.6 is 34.5 Å². The maximum atomic E-state index is 12.4. The summed E-state index contributed by atoms with van der Waals surface area (Å²) < 4.78 is 6.20. The number of benzene rings is 3. The number of esters is 1. The molecule has 0 aliphatic rings. The number of nitrogens with one attached hydrogen (secondary N) is 2. The van der Waals surface area contributed by atoms with Gasteiger partial charge in [-0.1, -0.05) is 53.5 Å². The molecule has 0 bridgehead atoms. The summed E-state index contributed by atoms with van der Waals surface area (Å²) in [4.78, 5) is 37.0. The molecule has 0 aliphatic heterocycles. The van der Waals surface area contributed by atoms with Gasteiger partial charge in [0.05, 0.1) is 28.4 Å². The lowest BCUT2D eigenvalue weighted by Gasteiger charge is -2.06. The van der Waals surface area contributed by atoms with Crippen molar-refractivity contribution in [1.82, 2.24) is 10.7 Å². The molecule has 1 aromatic heterocycles. The minimum Gasteiger partial charge on any atom is -0.423 e. The van der Waals surface area contributed by atoms with Crippen molar-refractivity contribution in [2.24, 2.45) is 5.10 Å². The molecule has 0 radical (unpaired) electrons. The van der Waals surface area contributed by atoms with E-state index in [4.69, 9.17) is 27.9 Å². The van der Waals surface area contributed by atoms with Crippen molar-refractivity contribution in [3.05, 3.63) is 98.8 Å². The molecule has 2 N–H and O–H groups in total. The Bertz CT molecular complexity index is 1430. The van der Waals surface area contributed by atoms with Crippen molar-refractivity contribution in [2.45, 2.75) is 0 Å². The number of amides is 2. The molecule has 4 aromatic rings. The summed E-state index contributed by atoms with van der Waals surface area (Å²) in [5.74, 6) is -1.17. The van der Waals surface area contributed by atoms with E-state index in [1.807, 2.05) is 24.3 Å². The van der Waals surface area contributed by atoms with Crippen molar-refractivity contribution >= 4 is 68.6 Å². The SMILES string of the molecule is O=C(CNC(=O)c1sc2ccccc2c1Cl)N/N=C/c1ccc(OC(=O)c2ccccc2Cl)cc1. The Kier molecular flexibility index (Phi) is 7.77. The Balaban J connectivity index is 1.26. The molecule has 0 saturated heterocycles. The molecule has 0 saturated carbocycles. The van der Waals surface area contributed by atoms with Crippen LogP contribution in [-0.2, 0) is 4.79 Å². The lowest BCUT2D eigenvalue weighted by Crippen LogP contribution is -2.34. The Morgan fingerprint density at radius 1 is 0.943 bits per heavy atom. The first-order valence-electron chi connectivity index (χ1n) is 10.3. The van der Waals surface area contributed by atoms with Crippen molar-refractivity contribution in [3.63, 3.8) is 0 Å². The van der Waals surface area contributed by atoms with E-state index in [1.54, 1.807) is 48.5 Å². The van der Waals surface area contributed by atoms with E-state index in [9.17, 15) is 14.4 Å². The minimum absolute atomic E-state index is 0.266. The van der Waals surface area contributed by atoms with Gasteiger partial charge < -0.3 is 10.1 Å². The zero-order valence-corrected chi connectivity index (χ0v) is 20.3. The normalized spacial score (nSPS) is 10.9. The number of hydrazone groups is 1. The number of fused-ring (bicyclic) bond motifs is 1. The molecule has 0 atom stereocenters. The van der Waals surface area contributed by atoms with Crippen LogP contribution in [0, 0.1) is 0 Å². The van der Waals surface area contributed by atoms with Gasteiger partial charge in [-0.05, 0) is 48.0 Å². The number of carbonyl (C=O) groups excluding carboxylic acids is 3. The summed E-state index contributed by atoms with van der Waals surface area (Å²) in [5, 5.41) is 7.87. The van der Waals surface area contributed by atoms with Gasteiger partial charge in [0.25, 0.3) is 11.8 Å². The summed E-state index contributed by atoms with van der Waals surface area (Å²) in [7, 11) is 0. The second kappa shape index (κ2) is 11.1. The molecule has 0 spiro atoms. The van der Waals surface area contributed by atoms with Crippen LogP contribution in [0.4, 0.5) is 0 Å². The third-order valence-electron chi connectivity index (χ3n) is 4.74. The number of nitrogens with zero attached hydrogens (tertiary/aromatic N) is 1. The van der Waals surface area contributed by atoms with Crippen LogP contribution in [0.25, 0.3) is 10.1 Å². The molecular formula is C25H17Cl2N3O4S. The third-order valence-corrected chi connectivity index (χ3v) is 6.74. The Morgan fingerprint density at radius 3 is 2.40 bits per heavy atom. The number of rotatable bonds is 7. The summed E-state index contributed by atoms with van der Waals surface area (Å²) in [5.41, 5.74) is 3.26. The molecule has 0 unspecified atom stereocenters. The van der Waals surface area contributed by atoms with Gasteiger partial charge in [-0.15, -0.1) is 11.3 Å². The molecule has 0 aliphatic carbocycles. The average molecular weight is 526 g/mol. The van der Waals surface area contributed by atoms with E-state index < -0.39 is 17.8 Å². The standard InChI is InChI=1S/C25H17Cl2N3O4S/c26-19-7-3-1-5-17(19)25(33)34-16-11-9-15(10-12-16)13-29-30-21(31)14-28-24(32)23-22(27)18-6-2-4-8-20(18)35-23/h1-13H,14H2,(H,28,32)(H,30,31)/b29-13+. The van der Waals surface area contributed by atoms with Crippen LogP contribution in [0.3, 0.4) is 0 Å². The van der Waals surface area contributed by atoms with Crippen molar-refractivity contribution < 1.29 is 19.1 Å². The maximum absolute atomic E-state index is 12.4. The van der Waals surface area contributed by atoms with Crippen molar-refractivity contribution in [3.8, 4) is 5.75 Å². The lowest BCUT2D eigenvalue weighted by molar-refractivity contribution is -0.120. The summed E-state index contributed by atoms with van der Waals surface area (Å²) in [6.07, 6.45) is 1.42. The molecule has 10 heteroatoms. The minimum atomic E-state index is -0.566. The van der Waals surface area contributed by atoms with Gasteiger partial charge in [-0.3, -0.25) is 9.59 Å². The first-order valence-corrected chi connectivity index (χ1v) is 11.8. The Hall–Kier alpha value is -3.72. The van der Waals surface area contributed by atoms with E-state index in [0.29, 0.717) is 26.2 Å². The molecule has 7 nitrogen and oxygen atoms in total. The van der Waals surface area contributed by atoms with E-state index in [-0.39, 0.29) is 12.1 Å². The number of ether oxygens (including phenoxy) is 1. The van der Waals surface area contributed by atoms with Crippen molar-refractivity contribution in [2.75, 3.05) is 6.54 Å². The lowest BCUT2D eigenvalue weighted by atomic mass is 10.2. The first-order chi connectivity index (χ1) is 16.9. The third kappa shape index (κ3) is 6.05. The zero-order chi connectivity index (χ0) is 24.8. The predicted molar refractivity (Wildman–Crippen MR) is 138 cm³/mol. The highest BCUT2D eigenvalue weighted by molar-refractivity contribution is 7.21. The van der Waals surface area contributed by atoms with Gasteiger partial charge in [0, 0.05) is 10.1 Å². The first kappa shape index (κ1) is 24.4. The second-order valence-corrected chi connectivity index (χ2v) is 8.99. The highest BCUT2D eigenvalue weighted by Crippen LogP contribution is 2.34. The van der Waals surface area contributed by atoms with Gasteiger partial charge >= 0.3 is 5.97 Å². The second-order valence-electron chi connectivity index (χ2n) is 7.16. The fourth-order valence-electron chi connectivity index (χ4n) is 3.03. The molecule has 35 heavy (non-hydrogen) atoms. The Labute approximate surface area is 214 Å². The quantitative estimate of drug-likeness (QED) is 0.148. The van der Waals surface area contributed by atoms with Crippen LogP contribution < -0.4 is 15.5 Å². The van der Waals surface area contributed by atoms with Crippen LogP contribution in [0.5, 0.6) is 5.75 Å². The van der Waals surface area contributed by atoms with Gasteiger partial charge in [0.2, 0.25) is 0 Å². The highest BCUT2D eigenvalue weighted by atomic mass is 35.5. The van der Waals surface area contributed by atoms with Crippen LogP contribution in [0.2, 0.25) is 10.0 Å². The summed E-state index contributed by atoms with van der Waals surface area (Å²) >= 11 is 13.6. The van der Waals surface area contributed by atoms with Crippen LogP contribution in [-0.4, -0.2) is 30.5 Å². The number of thiophene rings is 1. The topological polar surface area (TPSA) is 96.9 Å². The average Bonchev–Trinajstić information content (AvgIpc) is 3.20. The number of halogens is 2. The molecule has 176 valence electrons. The zero-order valence-electron chi connectivity index (χ0n) is 18.0. The molecule has 4 rings (SSSR count). The molecule has 1 heterocycles. The van der Waals surface area contributed by atoms with Gasteiger partial charge in [-0.2, -0.15) is 5.10 Å². The monoisotopic (exact) mass is 525 g/mol. The van der Waals surface area contributed by atoms with Gasteiger partial charge in [0.15, 0.2) is 0 Å². The summed E-state index contributed by atoms with van der Waals surface area (Å²) in [6.45, 7) is -0.266. The van der Waals surface area contributed by atoms with Gasteiger partial charge in [0.1, 0.15) is 10.6 Å². The smallest absolute Gasteiger partial charge is 0.345 e. The number of hydrogen-bond donors (Lipinski definition) is 2. The largest absolute Gasteiger partial charge is 0.423 e. The fraction of sp³-hybridized carbons (Fsp3) is 0.0400. The van der Waals surface area contributed by atoms with Crippen LogP contribution in [0.1, 0.15) is 25.6 Å². The molecule has 0 fully saturated rings.